The highest BCUT2D eigenvalue weighted by molar-refractivity contribution is 6.66. The van der Waals surface area contributed by atoms with Gasteiger partial charge in [0.15, 0.2) is 34.9 Å². The average molecular weight is 379 g/mol. The molecule has 0 fully saturated rings. The number of halogens is 8. The van der Waals surface area contributed by atoms with Crippen LogP contribution in [0.2, 0.25) is 0 Å². The van der Waals surface area contributed by atoms with Crippen LogP contribution in [0.15, 0.2) is 0 Å². The molecule has 1 aromatic heterocycles. The molecular weight excluding hydrogens is 375 g/mol. The molecule has 0 amide bonds. The van der Waals surface area contributed by atoms with Gasteiger partial charge >= 0.3 is 0 Å². The number of hydrogen-bond donors (Lipinski definition) is 0. The molecule has 0 saturated heterocycles. The first-order valence-electron chi connectivity index (χ1n) is 5.35. The molecule has 3 nitrogen and oxygen atoms in total. The zero-order valence-electron chi connectivity index (χ0n) is 10.4. The zero-order valence-corrected chi connectivity index (χ0v) is 12.6. The predicted molar refractivity (Wildman–Crippen MR) is 69.0 cm³/mol. The van der Waals surface area contributed by atoms with E-state index in [0.717, 1.165) is 0 Å². The van der Waals surface area contributed by atoms with Crippen LogP contribution in [0.1, 0.15) is 11.6 Å². The Hall–Kier alpha value is -1.25. The van der Waals surface area contributed by atoms with Crippen LogP contribution in [-0.4, -0.2) is 15.0 Å². The molecule has 2 rings (SSSR count). The van der Waals surface area contributed by atoms with Gasteiger partial charge in [-0.1, -0.05) is 34.8 Å². The van der Waals surface area contributed by atoms with Crippen molar-refractivity contribution < 1.29 is 22.0 Å². The molecule has 0 N–H and O–H groups in total. The lowest BCUT2D eigenvalue weighted by molar-refractivity contribution is 0.380. The van der Waals surface area contributed by atoms with Crippen LogP contribution in [0.4, 0.5) is 22.0 Å². The third-order valence-corrected chi connectivity index (χ3v) is 2.94. The Morgan fingerprint density at radius 2 is 1.18 bits per heavy atom. The highest BCUT2D eigenvalue weighted by Gasteiger charge is 2.32. The van der Waals surface area contributed by atoms with Gasteiger partial charge in [0.2, 0.25) is 9.61 Å². The number of alkyl halides is 3. The van der Waals surface area contributed by atoms with E-state index in [4.69, 9.17) is 34.8 Å². The third-order valence-electron chi connectivity index (χ3n) is 2.43. The second kappa shape index (κ2) is 5.75. The number of benzene rings is 1. The summed E-state index contributed by atoms with van der Waals surface area (Å²) < 4.78 is 64.7. The van der Waals surface area contributed by atoms with Gasteiger partial charge < -0.3 is 0 Å². The topological polar surface area (TPSA) is 38.7 Å². The highest BCUT2D eigenvalue weighted by atomic mass is 35.6. The normalized spacial score (nSPS) is 11.9. The van der Waals surface area contributed by atoms with Gasteiger partial charge in [-0.15, -0.1) is 0 Å². The first kappa shape index (κ1) is 17.1. The van der Waals surface area contributed by atoms with E-state index < -0.39 is 50.1 Å². The minimum absolute atomic E-state index is 0.143. The standard InChI is InChI=1S/C11H3Cl3F5N3/c1-2-20-9(22-10(21-2)11(12,13)14)3-4(15)6(17)8(19)7(18)5(3)16/h1H3. The van der Waals surface area contributed by atoms with Gasteiger partial charge in [0, 0.05) is 0 Å². The summed E-state index contributed by atoms with van der Waals surface area (Å²) in [7, 11) is 0. The number of hydrogen-bond acceptors (Lipinski definition) is 3. The van der Waals surface area contributed by atoms with Crippen molar-refractivity contribution >= 4 is 34.8 Å². The van der Waals surface area contributed by atoms with Gasteiger partial charge in [-0.3, -0.25) is 0 Å². The maximum Gasteiger partial charge on any atom is 0.250 e. The summed E-state index contributed by atoms with van der Waals surface area (Å²) in [5, 5.41) is 0. The van der Waals surface area contributed by atoms with E-state index in [1.807, 2.05) is 0 Å². The summed E-state index contributed by atoms with van der Waals surface area (Å²) in [6.45, 7) is 1.26. The first-order chi connectivity index (χ1) is 10.0. The maximum absolute atomic E-state index is 13.7. The molecule has 0 atom stereocenters. The number of aryl methyl sites for hydroxylation is 1. The summed E-state index contributed by atoms with van der Waals surface area (Å²) in [4.78, 5) is 10.6. The van der Waals surface area contributed by atoms with E-state index in [-0.39, 0.29) is 5.82 Å². The first-order valence-corrected chi connectivity index (χ1v) is 6.49. The van der Waals surface area contributed by atoms with Crippen LogP contribution in [0.3, 0.4) is 0 Å². The van der Waals surface area contributed by atoms with Crippen molar-refractivity contribution in [1.29, 1.82) is 0 Å². The molecule has 0 unspecified atom stereocenters. The molecule has 118 valence electrons. The molecule has 0 saturated carbocycles. The van der Waals surface area contributed by atoms with Gasteiger partial charge in [-0.25, -0.2) is 36.9 Å². The second-order valence-electron chi connectivity index (χ2n) is 3.97. The molecule has 0 aliphatic carbocycles. The third kappa shape index (κ3) is 2.95. The number of nitrogens with zero attached hydrogens (tertiary/aromatic N) is 3. The summed E-state index contributed by atoms with van der Waals surface area (Å²) in [6.07, 6.45) is 0. The Labute approximate surface area is 135 Å². The van der Waals surface area contributed by atoms with E-state index in [9.17, 15) is 22.0 Å². The molecule has 0 spiro atoms. The van der Waals surface area contributed by atoms with Crippen molar-refractivity contribution in [3.8, 4) is 11.4 Å². The van der Waals surface area contributed by atoms with Gasteiger partial charge in [-0.05, 0) is 6.92 Å². The van der Waals surface area contributed by atoms with Crippen LogP contribution in [0.25, 0.3) is 11.4 Å². The molecule has 2 aromatic rings. The minimum Gasteiger partial charge on any atom is -0.214 e. The van der Waals surface area contributed by atoms with Crippen molar-refractivity contribution in [2.24, 2.45) is 0 Å². The average Bonchev–Trinajstić information content (AvgIpc) is 2.42. The molecule has 1 aromatic carbocycles. The molecule has 1 heterocycles. The lowest BCUT2D eigenvalue weighted by atomic mass is 10.1. The van der Waals surface area contributed by atoms with E-state index in [1.165, 1.54) is 6.92 Å². The zero-order chi connectivity index (χ0) is 16.8. The van der Waals surface area contributed by atoms with Crippen molar-refractivity contribution in [1.82, 2.24) is 15.0 Å². The van der Waals surface area contributed by atoms with Crippen LogP contribution >= 0.6 is 34.8 Å². The monoisotopic (exact) mass is 377 g/mol. The van der Waals surface area contributed by atoms with E-state index in [2.05, 4.69) is 15.0 Å². The SMILES string of the molecule is Cc1nc(-c2c(F)c(F)c(F)c(F)c2F)nc(C(Cl)(Cl)Cl)n1. The van der Waals surface area contributed by atoms with E-state index in [0.29, 0.717) is 0 Å². The van der Waals surface area contributed by atoms with Gasteiger partial charge in [0.05, 0.1) is 5.56 Å². The minimum atomic E-state index is -2.30. The van der Waals surface area contributed by atoms with E-state index in [1.54, 1.807) is 0 Å². The maximum atomic E-state index is 13.7. The largest absolute Gasteiger partial charge is 0.250 e. The Balaban J connectivity index is 2.81. The van der Waals surface area contributed by atoms with Gasteiger partial charge in [-0.2, -0.15) is 0 Å². The van der Waals surface area contributed by atoms with Crippen molar-refractivity contribution in [3.05, 3.63) is 40.7 Å². The lowest BCUT2D eigenvalue weighted by Crippen LogP contribution is -2.13. The summed E-state index contributed by atoms with van der Waals surface area (Å²) in [6, 6.07) is 0. The molecular formula is C11H3Cl3F5N3. The fourth-order valence-corrected chi connectivity index (χ4v) is 1.78. The Kier molecular flexibility index (Phi) is 4.47. The molecule has 11 heteroatoms. The molecule has 0 aliphatic rings. The van der Waals surface area contributed by atoms with Crippen LogP contribution < -0.4 is 0 Å². The van der Waals surface area contributed by atoms with Crippen molar-refractivity contribution in [2.45, 2.75) is 10.7 Å². The fourth-order valence-electron chi connectivity index (χ4n) is 1.52. The summed E-state index contributed by atoms with van der Waals surface area (Å²) >= 11 is 16.6. The predicted octanol–water partition coefficient (Wildman–Crippen LogP) is 4.37. The van der Waals surface area contributed by atoms with Crippen LogP contribution in [-0.2, 0) is 3.79 Å². The van der Waals surface area contributed by atoms with E-state index >= 15 is 0 Å². The molecule has 22 heavy (non-hydrogen) atoms. The number of rotatable bonds is 1. The van der Waals surface area contributed by atoms with Crippen LogP contribution in [0.5, 0.6) is 0 Å². The number of aromatic nitrogens is 3. The molecule has 0 radical (unpaired) electrons. The molecule has 0 aliphatic heterocycles. The second-order valence-corrected chi connectivity index (χ2v) is 6.25. The van der Waals surface area contributed by atoms with Crippen molar-refractivity contribution in [2.75, 3.05) is 0 Å². The Bertz CT molecular complexity index is 735. The smallest absolute Gasteiger partial charge is 0.214 e. The molecule has 0 bridgehead atoms. The van der Waals surface area contributed by atoms with Gasteiger partial charge in [0.1, 0.15) is 5.82 Å². The van der Waals surface area contributed by atoms with Crippen molar-refractivity contribution in [3.63, 3.8) is 0 Å². The quantitative estimate of drug-likeness (QED) is 0.320. The summed E-state index contributed by atoms with van der Waals surface area (Å²) in [5.41, 5.74) is -1.34. The van der Waals surface area contributed by atoms with Crippen LogP contribution in [0, 0.1) is 36.0 Å². The summed E-state index contributed by atoms with van der Waals surface area (Å²) in [5.74, 6) is -12.3. The Morgan fingerprint density at radius 1 is 0.727 bits per heavy atom. The fraction of sp³-hybridized carbons (Fsp3) is 0.182. The lowest BCUT2D eigenvalue weighted by Gasteiger charge is -2.12. The van der Waals surface area contributed by atoms with Gasteiger partial charge in [0.25, 0.3) is 0 Å². The Morgan fingerprint density at radius 3 is 1.64 bits per heavy atom. The highest BCUT2D eigenvalue weighted by Crippen LogP contribution is 2.37.